The van der Waals surface area contributed by atoms with Gasteiger partial charge in [0.25, 0.3) is 5.91 Å². The van der Waals surface area contributed by atoms with Crippen molar-refractivity contribution >= 4 is 35.0 Å². The number of nitrogens with zero attached hydrogens (tertiary/aromatic N) is 2. The lowest BCUT2D eigenvalue weighted by atomic mass is 10.1. The molecule has 0 bridgehead atoms. The molecule has 3 rings (SSSR count). The maximum Gasteiger partial charge on any atom is 0.432 e. The standard InChI is InChI=1S/C19H12ClF6N5O/c20-10-5-11(21)7-12(6-10)27-18(28-16-8-15(30-31-16)19(24,25)26)29-17(32)4-9-1-2-13(22)14(23)3-9/h1-3,5-8H,4H2,(H3,27,28,29,30,31,32). The predicted octanol–water partition coefficient (Wildman–Crippen LogP) is 5.15. The van der Waals surface area contributed by atoms with Crippen molar-refractivity contribution in [3.8, 4) is 0 Å². The molecule has 0 unspecified atom stereocenters. The molecule has 0 saturated heterocycles. The minimum Gasteiger partial charge on any atom is -0.325 e. The first-order valence-corrected chi connectivity index (χ1v) is 9.05. The van der Waals surface area contributed by atoms with E-state index in [9.17, 15) is 31.1 Å². The summed E-state index contributed by atoms with van der Waals surface area (Å²) in [4.78, 5) is 16.0. The van der Waals surface area contributed by atoms with Crippen LogP contribution in [0.3, 0.4) is 0 Å². The van der Waals surface area contributed by atoms with Gasteiger partial charge in [-0.15, -0.1) is 0 Å². The van der Waals surface area contributed by atoms with Crippen LogP contribution in [-0.2, 0) is 17.4 Å². The summed E-state index contributed by atoms with van der Waals surface area (Å²) in [5.41, 5.74) is -1.04. The molecule has 2 aromatic carbocycles. The number of hydrogen-bond acceptors (Lipinski definition) is 2. The number of alkyl halides is 3. The molecule has 3 aromatic rings. The molecular formula is C19H12ClF6N5O. The molecule has 0 atom stereocenters. The fourth-order valence-electron chi connectivity index (χ4n) is 2.49. The molecule has 0 radical (unpaired) electrons. The number of carbonyl (C=O) groups excluding carboxylic acids is 1. The molecule has 168 valence electrons. The van der Waals surface area contributed by atoms with Gasteiger partial charge < -0.3 is 10.6 Å². The summed E-state index contributed by atoms with van der Waals surface area (Å²) in [7, 11) is 0. The van der Waals surface area contributed by atoms with Crippen molar-refractivity contribution in [1.82, 2.24) is 10.2 Å². The first-order valence-electron chi connectivity index (χ1n) is 8.68. The zero-order valence-electron chi connectivity index (χ0n) is 15.7. The number of guanidine groups is 1. The van der Waals surface area contributed by atoms with Crippen molar-refractivity contribution in [1.29, 1.82) is 0 Å². The molecular weight excluding hydrogens is 464 g/mol. The summed E-state index contributed by atoms with van der Waals surface area (Å²) in [6.45, 7) is 0. The molecule has 1 heterocycles. The predicted molar refractivity (Wildman–Crippen MR) is 105 cm³/mol. The fraction of sp³-hybridized carbons (Fsp3) is 0.105. The highest BCUT2D eigenvalue weighted by atomic mass is 35.5. The van der Waals surface area contributed by atoms with Crippen molar-refractivity contribution in [2.45, 2.75) is 12.6 Å². The zero-order valence-corrected chi connectivity index (χ0v) is 16.5. The van der Waals surface area contributed by atoms with E-state index >= 15 is 0 Å². The maximum absolute atomic E-state index is 13.6. The van der Waals surface area contributed by atoms with Gasteiger partial charge in [-0.3, -0.25) is 9.89 Å². The van der Waals surface area contributed by atoms with Gasteiger partial charge in [-0.05, 0) is 35.9 Å². The van der Waals surface area contributed by atoms with Gasteiger partial charge in [0, 0.05) is 16.8 Å². The second-order valence-electron chi connectivity index (χ2n) is 6.35. The summed E-state index contributed by atoms with van der Waals surface area (Å²) in [6, 6.07) is 6.70. The Balaban J connectivity index is 1.86. The number of amides is 1. The Hall–Kier alpha value is -3.54. The molecule has 3 N–H and O–H groups in total. The zero-order chi connectivity index (χ0) is 23.5. The van der Waals surface area contributed by atoms with E-state index in [1.54, 1.807) is 5.10 Å². The highest BCUT2D eigenvalue weighted by Crippen LogP contribution is 2.28. The number of aromatic nitrogens is 2. The average Bonchev–Trinajstić information content (AvgIpc) is 3.12. The fourth-order valence-corrected chi connectivity index (χ4v) is 2.71. The summed E-state index contributed by atoms with van der Waals surface area (Å²) < 4.78 is 78.3. The van der Waals surface area contributed by atoms with E-state index < -0.39 is 47.6 Å². The summed E-state index contributed by atoms with van der Waals surface area (Å²) >= 11 is 5.77. The van der Waals surface area contributed by atoms with Gasteiger partial charge in [0.2, 0.25) is 5.96 Å². The minimum atomic E-state index is -4.70. The lowest BCUT2D eigenvalue weighted by molar-refractivity contribution is -0.141. The quantitative estimate of drug-likeness (QED) is 0.277. The molecule has 0 aliphatic carbocycles. The smallest absolute Gasteiger partial charge is 0.325 e. The minimum absolute atomic E-state index is 0.000842. The van der Waals surface area contributed by atoms with E-state index in [2.05, 4.69) is 20.7 Å². The topological polar surface area (TPSA) is 82.2 Å². The third kappa shape index (κ3) is 6.23. The van der Waals surface area contributed by atoms with Crippen molar-refractivity contribution in [3.05, 3.63) is 76.2 Å². The lowest BCUT2D eigenvalue weighted by Crippen LogP contribution is -2.24. The van der Waals surface area contributed by atoms with Gasteiger partial charge in [0.05, 0.1) is 6.42 Å². The number of halogens is 7. The van der Waals surface area contributed by atoms with E-state index in [-0.39, 0.29) is 22.1 Å². The van der Waals surface area contributed by atoms with Crippen LogP contribution in [0.2, 0.25) is 5.02 Å². The van der Waals surface area contributed by atoms with Crippen LogP contribution < -0.4 is 10.6 Å². The van der Waals surface area contributed by atoms with Gasteiger partial charge in [0.1, 0.15) is 11.5 Å². The normalized spacial score (nSPS) is 12.0. The molecule has 1 amide bonds. The SMILES string of the molecule is O=C(Cc1ccc(F)c(F)c1)/N=C(/Nc1cc(F)cc(Cl)c1)Nc1cc(C(F)(F)F)[nH]n1. The van der Waals surface area contributed by atoms with E-state index in [4.69, 9.17) is 11.6 Å². The Bertz CT molecular complexity index is 1160. The first kappa shape index (κ1) is 23.1. The summed E-state index contributed by atoms with van der Waals surface area (Å²) in [5.74, 6) is -4.64. The van der Waals surface area contributed by atoms with Crippen LogP contribution in [-0.4, -0.2) is 22.1 Å². The Morgan fingerprint density at radius 2 is 1.78 bits per heavy atom. The number of anilines is 2. The Kier molecular flexibility index (Phi) is 6.72. The van der Waals surface area contributed by atoms with E-state index in [1.807, 2.05) is 0 Å². The Morgan fingerprint density at radius 1 is 1.03 bits per heavy atom. The number of aromatic amines is 1. The number of benzene rings is 2. The first-order chi connectivity index (χ1) is 15.0. The summed E-state index contributed by atoms with van der Waals surface area (Å²) in [5, 5.41) is 10.1. The molecule has 0 fully saturated rings. The molecule has 6 nitrogen and oxygen atoms in total. The van der Waals surface area contributed by atoms with Crippen LogP contribution in [0.1, 0.15) is 11.3 Å². The highest BCUT2D eigenvalue weighted by molar-refractivity contribution is 6.31. The molecule has 13 heteroatoms. The van der Waals surface area contributed by atoms with E-state index in [1.165, 1.54) is 12.1 Å². The van der Waals surface area contributed by atoms with Crippen LogP contribution in [0.4, 0.5) is 37.8 Å². The Morgan fingerprint density at radius 3 is 2.41 bits per heavy atom. The second kappa shape index (κ2) is 9.30. The number of aliphatic imine (C=N–C) groups is 1. The Labute approximate surface area is 181 Å². The largest absolute Gasteiger partial charge is 0.432 e. The van der Waals surface area contributed by atoms with Gasteiger partial charge >= 0.3 is 6.18 Å². The van der Waals surface area contributed by atoms with Crippen LogP contribution in [0.25, 0.3) is 0 Å². The number of nitrogens with one attached hydrogen (secondary N) is 3. The number of carbonyl (C=O) groups is 1. The number of hydrogen-bond donors (Lipinski definition) is 3. The third-order valence-electron chi connectivity index (χ3n) is 3.83. The van der Waals surface area contributed by atoms with E-state index in [0.717, 1.165) is 24.3 Å². The third-order valence-corrected chi connectivity index (χ3v) is 4.05. The van der Waals surface area contributed by atoms with Crippen LogP contribution >= 0.6 is 11.6 Å². The van der Waals surface area contributed by atoms with Crippen molar-refractivity contribution in [3.63, 3.8) is 0 Å². The van der Waals surface area contributed by atoms with Crippen LogP contribution in [0.5, 0.6) is 0 Å². The molecule has 0 spiro atoms. The van der Waals surface area contributed by atoms with Crippen molar-refractivity contribution in [2.24, 2.45) is 4.99 Å². The van der Waals surface area contributed by atoms with Gasteiger partial charge in [-0.1, -0.05) is 17.7 Å². The number of H-pyrrole nitrogens is 1. The average molecular weight is 476 g/mol. The summed E-state index contributed by atoms with van der Waals surface area (Å²) in [6.07, 6.45) is -5.15. The lowest BCUT2D eigenvalue weighted by Gasteiger charge is -2.11. The van der Waals surface area contributed by atoms with Gasteiger partial charge in [-0.25, -0.2) is 13.2 Å². The van der Waals surface area contributed by atoms with Crippen LogP contribution in [0, 0.1) is 17.5 Å². The molecule has 32 heavy (non-hydrogen) atoms. The van der Waals surface area contributed by atoms with Crippen molar-refractivity contribution < 1.29 is 31.1 Å². The van der Waals surface area contributed by atoms with Gasteiger partial charge in [0.15, 0.2) is 17.5 Å². The maximum atomic E-state index is 13.6. The monoisotopic (exact) mass is 475 g/mol. The van der Waals surface area contributed by atoms with Crippen molar-refractivity contribution in [2.75, 3.05) is 10.6 Å². The highest BCUT2D eigenvalue weighted by Gasteiger charge is 2.33. The molecule has 0 aliphatic heterocycles. The molecule has 1 aromatic heterocycles. The van der Waals surface area contributed by atoms with Crippen LogP contribution in [0.15, 0.2) is 47.5 Å². The number of rotatable bonds is 4. The van der Waals surface area contributed by atoms with E-state index in [0.29, 0.717) is 6.07 Å². The van der Waals surface area contributed by atoms with Gasteiger partial charge in [-0.2, -0.15) is 23.3 Å². The molecule has 0 aliphatic rings. The second-order valence-corrected chi connectivity index (χ2v) is 6.79. The molecule has 0 saturated carbocycles.